The molecular weight excluding hydrogens is 409 g/mol. The molecular formula is C26H34FNO4. The molecule has 0 radical (unpaired) electrons. The number of nitrogens with zero attached hydrogens (tertiary/aromatic N) is 1. The van der Waals surface area contributed by atoms with Crippen LogP contribution in [-0.4, -0.2) is 35.7 Å². The van der Waals surface area contributed by atoms with Crippen molar-refractivity contribution in [1.29, 1.82) is 0 Å². The zero-order chi connectivity index (χ0) is 23.8. The molecule has 0 aromatic heterocycles. The van der Waals surface area contributed by atoms with E-state index in [0.717, 1.165) is 0 Å². The summed E-state index contributed by atoms with van der Waals surface area (Å²) in [5.74, 6) is -0.660. The molecule has 2 unspecified atom stereocenters. The van der Waals surface area contributed by atoms with E-state index in [9.17, 15) is 14.0 Å². The minimum absolute atomic E-state index is 0.176. The third-order valence-electron chi connectivity index (χ3n) is 5.13. The van der Waals surface area contributed by atoms with E-state index < -0.39 is 18.1 Å². The van der Waals surface area contributed by atoms with Crippen molar-refractivity contribution in [2.24, 2.45) is 5.92 Å². The van der Waals surface area contributed by atoms with Crippen molar-refractivity contribution in [3.8, 4) is 0 Å². The Morgan fingerprint density at radius 2 is 1.59 bits per heavy atom. The van der Waals surface area contributed by atoms with Gasteiger partial charge in [-0.05, 0) is 62.4 Å². The Labute approximate surface area is 190 Å². The molecule has 2 aromatic rings. The summed E-state index contributed by atoms with van der Waals surface area (Å²) in [7, 11) is 0. The molecule has 2 atom stereocenters. The van der Waals surface area contributed by atoms with Crippen LogP contribution in [0.5, 0.6) is 0 Å². The number of esters is 1. The van der Waals surface area contributed by atoms with Crippen molar-refractivity contribution >= 4 is 12.1 Å². The van der Waals surface area contributed by atoms with E-state index in [0.29, 0.717) is 23.1 Å². The monoisotopic (exact) mass is 443 g/mol. The van der Waals surface area contributed by atoms with Gasteiger partial charge in [0.25, 0.3) is 0 Å². The van der Waals surface area contributed by atoms with Gasteiger partial charge in [0.2, 0.25) is 0 Å². The molecule has 5 nitrogen and oxygen atoms in total. The van der Waals surface area contributed by atoms with E-state index in [4.69, 9.17) is 9.47 Å². The van der Waals surface area contributed by atoms with Crippen LogP contribution in [0.3, 0.4) is 0 Å². The quantitative estimate of drug-likeness (QED) is 0.422. The summed E-state index contributed by atoms with van der Waals surface area (Å²) in [5, 5.41) is 0. The lowest BCUT2D eigenvalue weighted by Crippen LogP contribution is -2.42. The van der Waals surface area contributed by atoms with Crippen LogP contribution in [0.2, 0.25) is 0 Å². The topological polar surface area (TPSA) is 55.8 Å². The van der Waals surface area contributed by atoms with E-state index in [1.54, 1.807) is 35.2 Å². The largest absolute Gasteiger partial charge is 0.459 e. The Morgan fingerprint density at radius 1 is 0.969 bits per heavy atom. The SMILES string of the molecule is CCC(C)OC(=O)c1ccccc1C(c1ccc(F)cc1)N(C(=O)OCC(C)C)C(C)C. The van der Waals surface area contributed by atoms with Gasteiger partial charge in [-0.25, -0.2) is 14.0 Å². The van der Waals surface area contributed by atoms with Gasteiger partial charge >= 0.3 is 12.1 Å². The zero-order valence-electron chi connectivity index (χ0n) is 19.8. The molecule has 0 aliphatic carbocycles. The first-order chi connectivity index (χ1) is 15.1. The Balaban J connectivity index is 2.61. The fourth-order valence-electron chi connectivity index (χ4n) is 3.31. The average molecular weight is 444 g/mol. The molecule has 0 fully saturated rings. The smallest absolute Gasteiger partial charge is 0.410 e. The van der Waals surface area contributed by atoms with Gasteiger partial charge in [0, 0.05) is 6.04 Å². The van der Waals surface area contributed by atoms with E-state index >= 15 is 0 Å². The van der Waals surface area contributed by atoms with Gasteiger partial charge in [0.1, 0.15) is 5.82 Å². The number of hydrogen-bond donors (Lipinski definition) is 0. The number of benzene rings is 2. The number of carbonyl (C=O) groups excluding carboxylic acids is 2. The lowest BCUT2D eigenvalue weighted by molar-refractivity contribution is 0.0327. The van der Waals surface area contributed by atoms with Crippen molar-refractivity contribution in [2.45, 2.75) is 66.2 Å². The molecule has 32 heavy (non-hydrogen) atoms. The van der Waals surface area contributed by atoms with Crippen molar-refractivity contribution < 1.29 is 23.5 Å². The molecule has 0 spiro atoms. The normalized spacial score (nSPS) is 13.0. The highest BCUT2D eigenvalue weighted by Gasteiger charge is 2.33. The average Bonchev–Trinajstić information content (AvgIpc) is 2.76. The molecule has 174 valence electrons. The molecule has 0 N–H and O–H groups in total. The van der Waals surface area contributed by atoms with Crippen LogP contribution in [0.25, 0.3) is 0 Å². The van der Waals surface area contributed by atoms with Gasteiger partial charge in [-0.2, -0.15) is 0 Å². The summed E-state index contributed by atoms with van der Waals surface area (Å²) >= 11 is 0. The second-order valence-corrected chi connectivity index (χ2v) is 8.64. The highest BCUT2D eigenvalue weighted by Crippen LogP contribution is 2.34. The first-order valence-corrected chi connectivity index (χ1v) is 11.2. The second kappa shape index (κ2) is 11.7. The Morgan fingerprint density at radius 3 is 2.16 bits per heavy atom. The first-order valence-electron chi connectivity index (χ1n) is 11.2. The summed E-state index contributed by atoms with van der Waals surface area (Å²) < 4.78 is 24.8. The van der Waals surface area contributed by atoms with Crippen LogP contribution in [0, 0.1) is 11.7 Å². The number of amides is 1. The van der Waals surface area contributed by atoms with E-state index in [-0.39, 0.29) is 30.5 Å². The number of halogens is 1. The molecule has 0 saturated heterocycles. The summed E-state index contributed by atoms with van der Waals surface area (Å²) in [4.78, 5) is 27.7. The Hall–Kier alpha value is -2.89. The maximum absolute atomic E-state index is 13.7. The standard InChI is InChI=1S/C26H34FNO4/c1-7-19(6)32-25(29)23-11-9-8-10-22(23)24(20-12-14-21(27)15-13-20)28(18(4)5)26(30)31-16-17(2)3/h8-15,17-19,24H,7,16H2,1-6H3. The molecule has 0 heterocycles. The molecule has 2 rings (SSSR count). The van der Waals surface area contributed by atoms with Crippen LogP contribution >= 0.6 is 0 Å². The minimum atomic E-state index is -0.657. The third-order valence-corrected chi connectivity index (χ3v) is 5.13. The number of carbonyl (C=O) groups is 2. The van der Waals surface area contributed by atoms with Gasteiger partial charge in [0.15, 0.2) is 0 Å². The Bertz CT molecular complexity index is 895. The van der Waals surface area contributed by atoms with Gasteiger partial charge in [-0.3, -0.25) is 4.90 Å². The molecule has 0 aliphatic heterocycles. The van der Waals surface area contributed by atoms with Crippen LogP contribution < -0.4 is 0 Å². The first kappa shape index (κ1) is 25.4. The van der Waals surface area contributed by atoms with Crippen LogP contribution in [0.4, 0.5) is 9.18 Å². The molecule has 0 bridgehead atoms. The maximum Gasteiger partial charge on any atom is 0.410 e. The highest BCUT2D eigenvalue weighted by molar-refractivity contribution is 5.91. The van der Waals surface area contributed by atoms with Crippen molar-refractivity contribution in [3.63, 3.8) is 0 Å². The summed E-state index contributed by atoms with van der Waals surface area (Å²) in [6.45, 7) is 11.7. The van der Waals surface area contributed by atoms with E-state index in [2.05, 4.69) is 0 Å². The van der Waals surface area contributed by atoms with Gasteiger partial charge < -0.3 is 9.47 Å². The number of ether oxygens (including phenoxy) is 2. The highest BCUT2D eigenvalue weighted by atomic mass is 19.1. The third kappa shape index (κ3) is 6.55. The Kier molecular flexibility index (Phi) is 9.24. The van der Waals surface area contributed by atoms with Gasteiger partial charge in [-0.15, -0.1) is 0 Å². The molecule has 0 saturated carbocycles. The number of hydrogen-bond acceptors (Lipinski definition) is 4. The minimum Gasteiger partial charge on any atom is -0.459 e. The van der Waals surface area contributed by atoms with Crippen molar-refractivity contribution in [1.82, 2.24) is 4.90 Å². The zero-order valence-corrected chi connectivity index (χ0v) is 19.8. The van der Waals surface area contributed by atoms with Crippen LogP contribution in [0.1, 0.15) is 75.5 Å². The summed E-state index contributed by atoms with van der Waals surface area (Å²) in [6, 6.07) is 12.1. The number of rotatable bonds is 9. The van der Waals surface area contributed by atoms with Gasteiger partial charge in [-0.1, -0.05) is 51.1 Å². The van der Waals surface area contributed by atoms with Crippen molar-refractivity contribution in [3.05, 3.63) is 71.0 Å². The predicted molar refractivity (Wildman–Crippen MR) is 123 cm³/mol. The maximum atomic E-state index is 13.7. The fourth-order valence-corrected chi connectivity index (χ4v) is 3.31. The fraction of sp³-hybridized carbons (Fsp3) is 0.462. The second-order valence-electron chi connectivity index (χ2n) is 8.64. The van der Waals surface area contributed by atoms with Gasteiger partial charge in [0.05, 0.1) is 24.3 Å². The van der Waals surface area contributed by atoms with E-state index in [1.165, 1.54) is 12.1 Å². The van der Waals surface area contributed by atoms with E-state index in [1.807, 2.05) is 47.6 Å². The van der Waals surface area contributed by atoms with Crippen LogP contribution in [0.15, 0.2) is 48.5 Å². The molecule has 2 aromatic carbocycles. The molecule has 6 heteroatoms. The predicted octanol–water partition coefficient (Wildman–Crippen LogP) is 6.37. The van der Waals surface area contributed by atoms with Crippen LogP contribution in [-0.2, 0) is 9.47 Å². The lowest BCUT2D eigenvalue weighted by Gasteiger charge is -2.36. The summed E-state index contributed by atoms with van der Waals surface area (Å²) in [6.07, 6.45) is -0.0419. The summed E-state index contributed by atoms with van der Waals surface area (Å²) in [5.41, 5.74) is 1.64. The van der Waals surface area contributed by atoms with Crippen molar-refractivity contribution in [2.75, 3.05) is 6.61 Å². The lowest BCUT2D eigenvalue weighted by atomic mass is 9.92. The molecule has 1 amide bonds. The molecule has 0 aliphatic rings.